The molecule has 0 radical (unpaired) electrons. The van der Waals surface area contributed by atoms with Crippen LogP contribution in [0.5, 0.6) is 0 Å². The molecule has 14 heavy (non-hydrogen) atoms. The summed E-state index contributed by atoms with van der Waals surface area (Å²) < 4.78 is 0. The standard InChI is InChI=1S/C10H12N2OS/c1-7-9(4-5-14-7)6-11-12-10(13)8-2-3-8/h4-6,8H,2-3H2,1H3,(H,12,13). The number of rotatable bonds is 3. The van der Waals surface area contributed by atoms with Crippen LogP contribution in [-0.2, 0) is 4.79 Å². The van der Waals surface area contributed by atoms with Gasteiger partial charge in [-0.2, -0.15) is 5.10 Å². The number of hydrogen-bond acceptors (Lipinski definition) is 3. The Labute approximate surface area is 86.8 Å². The van der Waals surface area contributed by atoms with Crippen LogP contribution in [0.2, 0.25) is 0 Å². The summed E-state index contributed by atoms with van der Waals surface area (Å²) in [6.45, 7) is 2.04. The molecule has 1 saturated carbocycles. The van der Waals surface area contributed by atoms with E-state index >= 15 is 0 Å². The van der Waals surface area contributed by atoms with Crippen molar-refractivity contribution in [3.05, 3.63) is 21.9 Å². The van der Waals surface area contributed by atoms with Gasteiger partial charge in [-0.15, -0.1) is 11.3 Å². The lowest BCUT2D eigenvalue weighted by molar-refractivity contribution is -0.122. The average Bonchev–Trinajstić information content (AvgIpc) is 2.93. The highest BCUT2D eigenvalue weighted by Crippen LogP contribution is 2.28. The molecule has 0 spiro atoms. The SMILES string of the molecule is Cc1sccc1C=NNC(=O)C1CC1. The molecule has 3 nitrogen and oxygen atoms in total. The molecule has 4 heteroatoms. The van der Waals surface area contributed by atoms with E-state index in [2.05, 4.69) is 10.5 Å². The van der Waals surface area contributed by atoms with Crippen LogP contribution < -0.4 is 5.43 Å². The van der Waals surface area contributed by atoms with Crippen LogP contribution in [0, 0.1) is 12.8 Å². The van der Waals surface area contributed by atoms with Crippen LogP contribution >= 0.6 is 11.3 Å². The molecule has 74 valence electrons. The molecule has 1 aromatic rings. The summed E-state index contributed by atoms with van der Waals surface area (Å²) in [6.07, 6.45) is 3.73. The molecule has 1 N–H and O–H groups in total. The van der Waals surface area contributed by atoms with E-state index in [0.717, 1.165) is 18.4 Å². The second kappa shape index (κ2) is 3.92. The average molecular weight is 208 g/mol. The molecule has 1 aromatic heterocycles. The number of aryl methyl sites for hydroxylation is 1. The van der Waals surface area contributed by atoms with Gasteiger partial charge in [-0.3, -0.25) is 4.79 Å². The van der Waals surface area contributed by atoms with Crippen molar-refractivity contribution in [1.29, 1.82) is 0 Å². The maximum atomic E-state index is 11.2. The third-order valence-corrected chi connectivity index (χ3v) is 3.09. The number of thiophene rings is 1. The van der Waals surface area contributed by atoms with Crippen molar-refractivity contribution in [1.82, 2.24) is 5.43 Å². The molecular formula is C10H12N2OS. The maximum Gasteiger partial charge on any atom is 0.243 e. The first-order valence-corrected chi connectivity index (χ1v) is 5.52. The molecule has 0 saturated heterocycles. The summed E-state index contributed by atoms with van der Waals surface area (Å²) >= 11 is 1.68. The number of nitrogens with one attached hydrogen (secondary N) is 1. The molecule has 0 unspecified atom stereocenters. The highest BCUT2D eigenvalue weighted by Gasteiger charge is 2.29. The van der Waals surface area contributed by atoms with Gasteiger partial charge in [-0.25, -0.2) is 5.43 Å². The van der Waals surface area contributed by atoms with E-state index in [0.29, 0.717) is 0 Å². The Morgan fingerprint density at radius 1 is 1.71 bits per heavy atom. The third kappa shape index (κ3) is 2.20. The fourth-order valence-corrected chi connectivity index (χ4v) is 1.81. The molecule has 1 heterocycles. The van der Waals surface area contributed by atoms with E-state index in [9.17, 15) is 4.79 Å². The van der Waals surface area contributed by atoms with Crippen molar-refractivity contribution in [3.63, 3.8) is 0 Å². The Kier molecular flexibility index (Phi) is 2.63. The van der Waals surface area contributed by atoms with E-state index in [1.807, 2.05) is 18.4 Å². The van der Waals surface area contributed by atoms with Crippen LogP contribution in [0.4, 0.5) is 0 Å². The van der Waals surface area contributed by atoms with Crippen molar-refractivity contribution < 1.29 is 4.79 Å². The number of hydrogen-bond donors (Lipinski definition) is 1. The predicted molar refractivity (Wildman–Crippen MR) is 57.5 cm³/mol. The van der Waals surface area contributed by atoms with Crippen molar-refractivity contribution >= 4 is 23.5 Å². The van der Waals surface area contributed by atoms with Gasteiger partial charge >= 0.3 is 0 Å². The fourth-order valence-electron chi connectivity index (χ4n) is 1.13. The molecule has 1 fully saturated rings. The van der Waals surface area contributed by atoms with Crippen molar-refractivity contribution in [2.24, 2.45) is 11.0 Å². The number of carbonyl (C=O) groups excluding carboxylic acids is 1. The summed E-state index contributed by atoms with van der Waals surface area (Å²) in [7, 11) is 0. The van der Waals surface area contributed by atoms with E-state index in [-0.39, 0.29) is 11.8 Å². The first kappa shape index (κ1) is 9.40. The predicted octanol–water partition coefficient (Wildman–Crippen LogP) is 1.92. The van der Waals surface area contributed by atoms with Crippen molar-refractivity contribution in [3.8, 4) is 0 Å². The molecule has 0 aromatic carbocycles. The molecule has 0 atom stereocenters. The van der Waals surface area contributed by atoms with Crippen LogP contribution in [0.15, 0.2) is 16.5 Å². The third-order valence-electron chi connectivity index (χ3n) is 2.23. The minimum atomic E-state index is 0.0501. The Balaban J connectivity index is 1.87. The summed E-state index contributed by atoms with van der Waals surface area (Å²) in [5.74, 6) is 0.268. The minimum Gasteiger partial charge on any atom is -0.273 e. The monoisotopic (exact) mass is 208 g/mol. The second-order valence-corrected chi connectivity index (χ2v) is 4.56. The molecule has 2 rings (SSSR count). The van der Waals surface area contributed by atoms with Crippen molar-refractivity contribution in [2.75, 3.05) is 0 Å². The van der Waals surface area contributed by atoms with Gasteiger partial charge in [0.2, 0.25) is 5.91 Å². The van der Waals surface area contributed by atoms with Gasteiger partial charge in [0, 0.05) is 16.4 Å². The molecule has 0 bridgehead atoms. The van der Waals surface area contributed by atoms with Gasteiger partial charge in [0.25, 0.3) is 0 Å². The highest BCUT2D eigenvalue weighted by atomic mass is 32.1. The van der Waals surface area contributed by atoms with Crippen LogP contribution in [0.1, 0.15) is 23.3 Å². The summed E-state index contributed by atoms with van der Waals surface area (Å²) in [6, 6.07) is 1.99. The summed E-state index contributed by atoms with van der Waals surface area (Å²) in [4.78, 5) is 12.4. The summed E-state index contributed by atoms with van der Waals surface area (Å²) in [5, 5.41) is 5.93. The Morgan fingerprint density at radius 2 is 2.50 bits per heavy atom. The van der Waals surface area contributed by atoms with Gasteiger partial charge in [0.15, 0.2) is 0 Å². The lowest BCUT2D eigenvalue weighted by atomic mass is 10.3. The molecule has 0 aliphatic heterocycles. The van der Waals surface area contributed by atoms with Gasteiger partial charge < -0.3 is 0 Å². The van der Waals surface area contributed by atoms with E-state index in [1.165, 1.54) is 4.88 Å². The van der Waals surface area contributed by atoms with Gasteiger partial charge in [-0.1, -0.05) is 0 Å². The smallest absolute Gasteiger partial charge is 0.243 e. The summed E-state index contributed by atoms with van der Waals surface area (Å²) in [5.41, 5.74) is 3.62. The van der Waals surface area contributed by atoms with Gasteiger partial charge in [0.05, 0.1) is 6.21 Å². The first-order chi connectivity index (χ1) is 6.77. The van der Waals surface area contributed by atoms with E-state index in [1.54, 1.807) is 17.6 Å². The zero-order valence-corrected chi connectivity index (χ0v) is 8.80. The highest BCUT2D eigenvalue weighted by molar-refractivity contribution is 7.10. The Hall–Kier alpha value is -1.16. The number of nitrogens with zero attached hydrogens (tertiary/aromatic N) is 1. The second-order valence-electron chi connectivity index (χ2n) is 3.44. The quantitative estimate of drug-likeness (QED) is 0.598. The van der Waals surface area contributed by atoms with Crippen molar-refractivity contribution in [2.45, 2.75) is 19.8 Å². The Morgan fingerprint density at radius 3 is 3.07 bits per heavy atom. The maximum absolute atomic E-state index is 11.2. The number of carbonyl (C=O) groups is 1. The van der Waals surface area contributed by atoms with Gasteiger partial charge in [0.1, 0.15) is 0 Å². The lowest BCUT2D eigenvalue weighted by Crippen LogP contribution is -2.18. The molecule has 1 amide bonds. The minimum absolute atomic E-state index is 0.0501. The normalized spacial score (nSPS) is 16.1. The molecule has 1 aliphatic carbocycles. The van der Waals surface area contributed by atoms with Crippen LogP contribution in [-0.4, -0.2) is 12.1 Å². The molecular weight excluding hydrogens is 196 g/mol. The largest absolute Gasteiger partial charge is 0.273 e. The van der Waals surface area contributed by atoms with E-state index < -0.39 is 0 Å². The first-order valence-electron chi connectivity index (χ1n) is 4.64. The topological polar surface area (TPSA) is 41.5 Å². The molecule has 1 aliphatic rings. The number of hydrazone groups is 1. The van der Waals surface area contributed by atoms with Crippen LogP contribution in [0.25, 0.3) is 0 Å². The Bertz CT molecular complexity index is 366. The zero-order valence-electron chi connectivity index (χ0n) is 7.99. The number of amides is 1. The van der Waals surface area contributed by atoms with E-state index in [4.69, 9.17) is 0 Å². The van der Waals surface area contributed by atoms with Crippen LogP contribution in [0.3, 0.4) is 0 Å². The zero-order chi connectivity index (χ0) is 9.97. The van der Waals surface area contributed by atoms with Gasteiger partial charge in [-0.05, 0) is 31.2 Å². The lowest BCUT2D eigenvalue weighted by Gasteiger charge is -1.94. The fraction of sp³-hybridized carbons (Fsp3) is 0.400.